The number of amides is 1. The molecule has 0 saturated heterocycles. The van der Waals surface area contributed by atoms with E-state index in [1.807, 2.05) is 13.8 Å². The van der Waals surface area contributed by atoms with Crippen molar-refractivity contribution >= 4 is 18.5 Å². The second kappa shape index (κ2) is 5.87. The van der Waals surface area contributed by atoms with Crippen molar-refractivity contribution in [1.82, 2.24) is 4.90 Å². The number of nitrogens with zero attached hydrogens (tertiary/aromatic N) is 1. The largest absolute Gasteiger partial charge is 0.332 e. The van der Waals surface area contributed by atoms with Crippen LogP contribution >= 0.6 is 12.6 Å². The maximum absolute atomic E-state index is 13.6. The van der Waals surface area contributed by atoms with Crippen molar-refractivity contribution in [1.29, 1.82) is 0 Å². The van der Waals surface area contributed by atoms with Gasteiger partial charge >= 0.3 is 0 Å². The molecule has 0 radical (unpaired) electrons. The van der Waals surface area contributed by atoms with Crippen LogP contribution in [0.15, 0.2) is 35.7 Å². The van der Waals surface area contributed by atoms with E-state index in [4.69, 9.17) is 0 Å². The number of thiol groups is 1. The summed E-state index contributed by atoms with van der Waals surface area (Å²) < 4.78 is 13.6. The fourth-order valence-corrected chi connectivity index (χ4v) is 1.70. The van der Waals surface area contributed by atoms with Gasteiger partial charge in [-0.1, -0.05) is 6.08 Å². The van der Waals surface area contributed by atoms with Crippen LogP contribution < -0.4 is 0 Å². The molecule has 0 unspecified atom stereocenters. The fourth-order valence-electron chi connectivity index (χ4n) is 1.50. The normalized spacial score (nSPS) is 10.4. The van der Waals surface area contributed by atoms with Crippen LogP contribution in [0.25, 0.3) is 0 Å². The number of carbonyl (C=O) groups is 1. The number of hydrogen-bond donors (Lipinski definition) is 1. The molecule has 1 aromatic rings. The summed E-state index contributed by atoms with van der Waals surface area (Å²) in [5, 5.41) is 0. The van der Waals surface area contributed by atoms with E-state index in [1.54, 1.807) is 11.0 Å². The maximum Gasteiger partial charge on any atom is 0.257 e. The molecule has 0 atom stereocenters. The van der Waals surface area contributed by atoms with Crippen molar-refractivity contribution in [3.63, 3.8) is 0 Å². The lowest BCUT2D eigenvalue weighted by atomic mass is 10.1. The minimum atomic E-state index is -0.525. The predicted octanol–water partition coefficient (Wildman–Crippen LogP) is 3.15. The van der Waals surface area contributed by atoms with Crippen molar-refractivity contribution in [2.24, 2.45) is 0 Å². The van der Waals surface area contributed by atoms with E-state index >= 15 is 0 Å². The van der Waals surface area contributed by atoms with Gasteiger partial charge < -0.3 is 4.90 Å². The fraction of sp³-hybridized carbons (Fsp3) is 0.308. The lowest BCUT2D eigenvalue weighted by Gasteiger charge is -2.25. The Morgan fingerprint density at radius 2 is 2.24 bits per heavy atom. The highest BCUT2D eigenvalue weighted by molar-refractivity contribution is 7.80. The highest BCUT2D eigenvalue weighted by Crippen LogP contribution is 2.16. The first-order valence-corrected chi connectivity index (χ1v) is 5.82. The summed E-state index contributed by atoms with van der Waals surface area (Å²) in [6.07, 6.45) is 1.63. The molecule has 1 aromatic carbocycles. The average Bonchev–Trinajstić information content (AvgIpc) is 2.28. The molecule has 0 aliphatic heterocycles. The SMILES string of the molecule is C=CCN(C(=O)c1cc(S)ccc1F)C(C)C. The zero-order valence-electron chi connectivity index (χ0n) is 9.98. The molecule has 0 heterocycles. The van der Waals surface area contributed by atoms with Gasteiger partial charge in [-0.3, -0.25) is 4.79 Å². The number of benzene rings is 1. The quantitative estimate of drug-likeness (QED) is 0.645. The van der Waals surface area contributed by atoms with Gasteiger partial charge in [0, 0.05) is 17.5 Å². The zero-order valence-corrected chi connectivity index (χ0v) is 10.9. The molecule has 0 fully saturated rings. The summed E-state index contributed by atoms with van der Waals surface area (Å²) in [7, 11) is 0. The van der Waals surface area contributed by atoms with Crippen molar-refractivity contribution in [3.05, 3.63) is 42.2 Å². The average molecular weight is 253 g/mol. The van der Waals surface area contributed by atoms with E-state index in [-0.39, 0.29) is 17.5 Å². The lowest BCUT2D eigenvalue weighted by Crippen LogP contribution is -2.37. The van der Waals surface area contributed by atoms with E-state index < -0.39 is 5.82 Å². The van der Waals surface area contributed by atoms with Crippen LogP contribution in [-0.4, -0.2) is 23.4 Å². The Labute approximate surface area is 107 Å². The molecule has 92 valence electrons. The smallest absolute Gasteiger partial charge is 0.257 e. The Balaban J connectivity index is 3.08. The molecule has 0 saturated carbocycles. The van der Waals surface area contributed by atoms with E-state index in [0.29, 0.717) is 11.4 Å². The molecule has 17 heavy (non-hydrogen) atoms. The van der Waals surface area contributed by atoms with Gasteiger partial charge in [-0.15, -0.1) is 19.2 Å². The molecule has 2 nitrogen and oxygen atoms in total. The Morgan fingerprint density at radius 1 is 1.59 bits per heavy atom. The second-order valence-corrected chi connectivity index (χ2v) is 4.52. The first kappa shape index (κ1) is 13.8. The summed E-state index contributed by atoms with van der Waals surface area (Å²) in [4.78, 5) is 14.3. The van der Waals surface area contributed by atoms with Gasteiger partial charge in [-0.25, -0.2) is 4.39 Å². The summed E-state index contributed by atoms with van der Waals surface area (Å²) in [5.41, 5.74) is 0.0491. The third-order valence-electron chi connectivity index (χ3n) is 2.39. The monoisotopic (exact) mass is 253 g/mol. The summed E-state index contributed by atoms with van der Waals surface area (Å²) >= 11 is 4.11. The molecule has 0 N–H and O–H groups in total. The van der Waals surface area contributed by atoms with Crippen LogP contribution in [-0.2, 0) is 0 Å². The topological polar surface area (TPSA) is 20.3 Å². The van der Waals surface area contributed by atoms with Crippen molar-refractivity contribution in [2.45, 2.75) is 24.8 Å². The molecule has 0 spiro atoms. The van der Waals surface area contributed by atoms with E-state index in [9.17, 15) is 9.18 Å². The van der Waals surface area contributed by atoms with Crippen LogP contribution in [0.4, 0.5) is 4.39 Å². The van der Waals surface area contributed by atoms with Crippen molar-refractivity contribution in [2.75, 3.05) is 6.54 Å². The molecule has 0 bridgehead atoms. The summed E-state index contributed by atoms with van der Waals surface area (Å²) in [5.74, 6) is -0.865. The Bertz CT molecular complexity index is 431. The van der Waals surface area contributed by atoms with Gasteiger partial charge in [-0.05, 0) is 32.0 Å². The standard InChI is InChI=1S/C13H16FNOS/c1-4-7-15(9(2)3)13(16)11-8-10(17)5-6-12(11)14/h4-6,8-9,17H,1,7H2,2-3H3. The van der Waals surface area contributed by atoms with Crippen molar-refractivity contribution < 1.29 is 9.18 Å². The van der Waals surface area contributed by atoms with Gasteiger partial charge in [-0.2, -0.15) is 0 Å². The third-order valence-corrected chi connectivity index (χ3v) is 2.67. The first-order valence-electron chi connectivity index (χ1n) is 5.37. The number of hydrogen-bond acceptors (Lipinski definition) is 2. The number of halogens is 1. The van der Waals surface area contributed by atoms with Crippen LogP contribution in [0.5, 0.6) is 0 Å². The van der Waals surface area contributed by atoms with Crippen molar-refractivity contribution in [3.8, 4) is 0 Å². The molecule has 1 amide bonds. The number of rotatable bonds is 4. The highest BCUT2D eigenvalue weighted by atomic mass is 32.1. The Morgan fingerprint density at radius 3 is 2.76 bits per heavy atom. The molecular weight excluding hydrogens is 237 g/mol. The van der Waals surface area contributed by atoms with E-state index in [2.05, 4.69) is 19.2 Å². The number of carbonyl (C=O) groups excluding carboxylic acids is 1. The predicted molar refractivity (Wildman–Crippen MR) is 70.0 cm³/mol. The molecule has 1 rings (SSSR count). The molecule has 0 aliphatic carbocycles. The van der Waals surface area contributed by atoms with Crippen LogP contribution in [0.1, 0.15) is 24.2 Å². The van der Waals surface area contributed by atoms with Crippen LogP contribution in [0.2, 0.25) is 0 Å². The van der Waals surface area contributed by atoms with Crippen LogP contribution in [0, 0.1) is 5.82 Å². The van der Waals surface area contributed by atoms with E-state index in [0.717, 1.165) is 0 Å². The van der Waals surface area contributed by atoms with Gasteiger partial charge in [0.05, 0.1) is 5.56 Å². The zero-order chi connectivity index (χ0) is 13.0. The maximum atomic E-state index is 13.6. The molecular formula is C13H16FNOS. The minimum Gasteiger partial charge on any atom is -0.332 e. The van der Waals surface area contributed by atoms with Gasteiger partial charge in [0.2, 0.25) is 0 Å². The third kappa shape index (κ3) is 3.33. The first-order chi connectivity index (χ1) is 7.97. The minimum absolute atomic E-state index is 0.0107. The Hall–Kier alpha value is -1.29. The highest BCUT2D eigenvalue weighted by Gasteiger charge is 2.20. The summed E-state index contributed by atoms with van der Waals surface area (Å²) in [6.45, 7) is 7.75. The van der Waals surface area contributed by atoms with E-state index in [1.165, 1.54) is 18.2 Å². The molecule has 4 heteroatoms. The summed E-state index contributed by atoms with van der Waals surface area (Å²) in [6, 6.07) is 4.20. The lowest BCUT2D eigenvalue weighted by molar-refractivity contribution is 0.0723. The van der Waals surface area contributed by atoms with Crippen LogP contribution in [0.3, 0.4) is 0 Å². The van der Waals surface area contributed by atoms with Gasteiger partial charge in [0.25, 0.3) is 5.91 Å². The van der Waals surface area contributed by atoms with Gasteiger partial charge in [0.15, 0.2) is 0 Å². The Kier molecular flexibility index (Phi) is 4.75. The molecule has 0 aromatic heterocycles. The van der Waals surface area contributed by atoms with Gasteiger partial charge in [0.1, 0.15) is 5.82 Å². The second-order valence-electron chi connectivity index (χ2n) is 4.00. The molecule has 0 aliphatic rings.